The van der Waals surface area contributed by atoms with Crippen LogP contribution in [0.2, 0.25) is 0 Å². The van der Waals surface area contributed by atoms with Crippen LogP contribution in [-0.4, -0.2) is 25.1 Å². The number of fused-ring (bicyclic) bond motifs is 1. The highest BCUT2D eigenvalue weighted by molar-refractivity contribution is 6.01. The molecule has 2 amide bonds. The lowest BCUT2D eigenvalue weighted by Gasteiger charge is -2.17. The number of nitrogens with one attached hydrogen (secondary N) is 1. The molecule has 2 aromatic rings. The van der Waals surface area contributed by atoms with Crippen LogP contribution < -0.4 is 15.0 Å². The van der Waals surface area contributed by atoms with Crippen LogP contribution in [0.25, 0.3) is 0 Å². The lowest BCUT2D eigenvalue weighted by atomic mass is 10.2. The number of amides is 2. The van der Waals surface area contributed by atoms with Gasteiger partial charge in [0.1, 0.15) is 5.75 Å². The molecule has 0 atom stereocenters. The third-order valence-electron chi connectivity index (χ3n) is 3.48. The van der Waals surface area contributed by atoms with E-state index in [4.69, 9.17) is 4.74 Å². The largest absolute Gasteiger partial charge is 0.412 e. The number of carbonyl (C=O) groups excluding carboxylic acids is 2. The number of carbonyl (C=O) groups is 2. The fourth-order valence-electron chi connectivity index (χ4n) is 2.46. The summed E-state index contributed by atoms with van der Waals surface area (Å²) in [5, 5.41) is 2.65. The zero-order chi connectivity index (χ0) is 15.4. The predicted molar refractivity (Wildman–Crippen MR) is 83.0 cm³/mol. The molecule has 22 heavy (non-hydrogen) atoms. The van der Waals surface area contributed by atoms with Crippen molar-refractivity contribution >= 4 is 17.7 Å². The van der Waals surface area contributed by atoms with Crippen molar-refractivity contribution in [2.75, 3.05) is 18.0 Å². The molecule has 0 aliphatic carbocycles. The van der Waals surface area contributed by atoms with Crippen LogP contribution in [0, 0.1) is 0 Å². The topological polar surface area (TPSA) is 58.6 Å². The molecule has 1 aliphatic rings. The minimum atomic E-state index is -0.522. The molecule has 1 aliphatic heterocycles. The lowest BCUT2D eigenvalue weighted by molar-refractivity contribution is -0.117. The molecule has 0 spiro atoms. The van der Waals surface area contributed by atoms with E-state index >= 15 is 0 Å². The van der Waals surface area contributed by atoms with Gasteiger partial charge in [-0.15, -0.1) is 0 Å². The summed E-state index contributed by atoms with van der Waals surface area (Å²) in [6.07, 6.45) is -0.101. The van der Waals surface area contributed by atoms with E-state index in [9.17, 15) is 9.59 Å². The van der Waals surface area contributed by atoms with E-state index in [1.165, 1.54) is 0 Å². The lowest BCUT2D eigenvalue weighted by Crippen LogP contribution is -2.37. The van der Waals surface area contributed by atoms with Gasteiger partial charge in [0.15, 0.2) is 0 Å². The maximum Gasteiger partial charge on any atom is 0.412 e. The number of rotatable bonds is 4. The van der Waals surface area contributed by atoms with Crippen LogP contribution in [0.3, 0.4) is 0 Å². The van der Waals surface area contributed by atoms with Crippen molar-refractivity contribution in [1.82, 2.24) is 5.32 Å². The molecule has 1 N–H and O–H groups in total. The minimum absolute atomic E-state index is 0.0550. The van der Waals surface area contributed by atoms with Crippen LogP contribution in [0.1, 0.15) is 5.56 Å². The second-order valence-electron chi connectivity index (χ2n) is 4.98. The summed E-state index contributed by atoms with van der Waals surface area (Å²) >= 11 is 0. The fourth-order valence-corrected chi connectivity index (χ4v) is 2.46. The quantitative estimate of drug-likeness (QED) is 0.942. The molecule has 0 aromatic heterocycles. The fraction of sp³-hybridized carbons (Fsp3) is 0.176. The number of nitrogens with zero attached hydrogens (tertiary/aromatic N) is 1. The highest BCUT2D eigenvalue weighted by atomic mass is 16.6. The SMILES string of the molecule is O=C(NCCN1C(=O)Cc2ccccc21)Oc1ccccc1. The second-order valence-corrected chi connectivity index (χ2v) is 4.98. The molecule has 3 rings (SSSR count). The highest BCUT2D eigenvalue weighted by Crippen LogP contribution is 2.27. The molecular formula is C17H16N2O3. The van der Waals surface area contributed by atoms with E-state index < -0.39 is 6.09 Å². The van der Waals surface area contributed by atoms with Crippen molar-refractivity contribution in [2.45, 2.75) is 6.42 Å². The smallest absolute Gasteiger partial charge is 0.410 e. The molecule has 5 heteroatoms. The van der Waals surface area contributed by atoms with Gasteiger partial charge in [0.2, 0.25) is 5.91 Å². The summed E-state index contributed by atoms with van der Waals surface area (Å²) in [5.74, 6) is 0.544. The van der Waals surface area contributed by atoms with Gasteiger partial charge < -0.3 is 15.0 Å². The Labute approximate surface area is 128 Å². The molecule has 5 nitrogen and oxygen atoms in total. The molecule has 0 saturated heterocycles. The van der Waals surface area contributed by atoms with Crippen molar-refractivity contribution in [3.63, 3.8) is 0 Å². The predicted octanol–water partition coefficient (Wildman–Crippen LogP) is 2.36. The van der Waals surface area contributed by atoms with E-state index in [-0.39, 0.29) is 5.91 Å². The summed E-state index contributed by atoms with van der Waals surface area (Å²) in [7, 11) is 0. The van der Waals surface area contributed by atoms with Crippen molar-refractivity contribution in [3.8, 4) is 5.75 Å². The first-order valence-electron chi connectivity index (χ1n) is 7.13. The summed E-state index contributed by atoms with van der Waals surface area (Å²) in [6, 6.07) is 16.5. The first kappa shape index (κ1) is 14.1. The average Bonchev–Trinajstić information content (AvgIpc) is 2.84. The van der Waals surface area contributed by atoms with Crippen LogP contribution in [-0.2, 0) is 11.2 Å². The Morgan fingerprint density at radius 2 is 1.82 bits per heavy atom. The Morgan fingerprint density at radius 1 is 1.09 bits per heavy atom. The van der Waals surface area contributed by atoms with Crippen LogP contribution in [0.5, 0.6) is 5.75 Å². The number of anilines is 1. The molecule has 0 unspecified atom stereocenters. The third-order valence-corrected chi connectivity index (χ3v) is 3.48. The van der Waals surface area contributed by atoms with Crippen molar-refractivity contribution < 1.29 is 14.3 Å². The van der Waals surface area contributed by atoms with Crippen molar-refractivity contribution in [3.05, 3.63) is 60.2 Å². The Kier molecular flexibility index (Phi) is 4.05. The van der Waals surface area contributed by atoms with E-state index in [0.717, 1.165) is 11.3 Å². The molecule has 2 aromatic carbocycles. The van der Waals surface area contributed by atoms with Gasteiger partial charge in [0.25, 0.3) is 0 Å². The molecule has 112 valence electrons. The number of hydrogen-bond donors (Lipinski definition) is 1. The Hall–Kier alpha value is -2.82. The molecule has 0 saturated carbocycles. The Balaban J connectivity index is 1.51. The highest BCUT2D eigenvalue weighted by Gasteiger charge is 2.26. The van der Waals surface area contributed by atoms with Crippen LogP contribution in [0.15, 0.2) is 54.6 Å². The van der Waals surface area contributed by atoms with Crippen LogP contribution >= 0.6 is 0 Å². The van der Waals surface area contributed by atoms with E-state index in [1.54, 1.807) is 29.2 Å². The number of ether oxygens (including phenoxy) is 1. The zero-order valence-corrected chi connectivity index (χ0v) is 12.0. The molecular weight excluding hydrogens is 280 g/mol. The number of para-hydroxylation sites is 2. The van der Waals surface area contributed by atoms with Crippen LogP contribution in [0.4, 0.5) is 10.5 Å². The summed E-state index contributed by atoms with van der Waals surface area (Å²) < 4.78 is 5.12. The second kappa shape index (κ2) is 6.30. The minimum Gasteiger partial charge on any atom is -0.410 e. The van der Waals surface area contributed by atoms with Crippen molar-refractivity contribution in [1.29, 1.82) is 0 Å². The van der Waals surface area contributed by atoms with E-state index in [1.807, 2.05) is 30.3 Å². The molecule has 0 bridgehead atoms. The van der Waals surface area contributed by atoms with Gasteiger partial charge in [-0.2, -0.15) is 0 Å². The van der Waals surface area contributed by atoms with Gasteiger partial charge in [-0.1, -0.05) is 36.4 Å². The van der Waals surface area contributed by atoms with Crippen molar-refractivity contribution in [2.24, 2.45) is 0 Å². The maximum absolute atomic E-state index is 12.0. The number of benzene rings is 2. The standard InChI is InChI=1S/C17H16N2O3/c20-16-12-13-6-4-5-9-15(13)19(16)11-10-18-17(21)22-14-7-2-1-3-8-14/h1-9H,10-12H2,(H,18,21). The van der Waals surface area contributed by atoms with Gasteiger partial charge >= 0.3 is 6.09 Å². The maximum atomic E-state index is 12.0. The first-order valence-corrected chi connectivity index (χ1v) is 7.13. The first-order chi connectivity index (χ1) is 10.7. The zero-order valence-electron chi connectivity index (χ0n) is 12.0. The average molecular weight is 296 g/mol. The third kappa shape index (κ3) is 3.09. The monoisotopic (exact) mass is 296 g/mol. The van der Waals surface area contributed by atoms with E-state index in [0.29, 0.717) is 25.3 Å². The van der Waals surface area contributed by atoms with Gasteiger partial charge in [-0.05, 0) is 23.8 Å². The van der Waals surface area contributed by atoms with Gasteiger partial charge in [-0.25, -0.2) is 4.79 Å². The van der Waals surface area contributed by atoms with E-state index in [2.05, 4.69) is 5.32 Å². The molecule has 1 heterocycles. The Morgan fingerprint density at radius 3 is 2.64 bits per heavy atom. The normalized spacial score (nSPS) is 12.9. The van der Waals surface area contributed by atoms with Gasteiger partial charge in [0, 0.05) is 18.8 Å². The summed E-state index contributed by atoms with van der Waals surface area (Å²) in [6.45, 7) is 0.769. The molecule has 0 fully saturated rings. The molecule has 0 radical (unpaired) electrons. The van der Waals surface area contributed by atoms with Gasteiger partial charge in [0.05, 0.1) is 6.42 Å². The Bertz CT molecular complexity index is 685. The number of hydrogen-bond acceptors (Lipinski definition) is 3. The summed E-state index contributed by atoms with van der Waals surface area (Å²) in [5.41, 5.74) is 1.95. The van der Waals surface area contributed by atoms with Gasteiger partial charge in [-0.3, -0.25) is 4.79 Å². The summed E-state index contributed by atoms with van der Waals surface area (Å²) in [4.78, 5) is 25.3.